The van der Waals surface area contributed by atoms with Gasteiger partial charge in [-0.25, -0.2) is 0 Å². The van der Waals surface area contributed by atoms with E-state index >= 15 is 0 Å². The van der Waals surface area contributed by atoms with Gasteiger partial charge in [0, 0.05) is 12.0 Å². The Kier molecular flexibility index (Phi) is 1.24. The first kappa shape index (κ1) is 5.60. The molecule has 2 nitrogen and oxygen atoms in total. The first-order valence-corrected chi connectivity index (χ1v) is 3.00. The molecule has 1 N–H and O–H groups in total. The van der Waals surface area contributed by atoms with Gasteiger partial charge in [0.05, 0.1) is 0 Å². The molecule has 1 aliphatic heterocycles. The van der Waals surface area contributed by atoms with Crippen molar-refractivity contribution in [2.45, 2.75) is 26.3 Å². The van der Waals surface area contributed by atoms with Crippen LogP contribution in [0.15, 0.2) is 0 Å². The summed E-state index contributed by atoms with van der Waals surface area (Å²) < 4.78 is 0. The normalized spacial score (nSPS) is 37.5. The van der Waals surface area contributed by atoms with Crippen LogP contribution in [0, 0.1) is 5.92 Å². The molecule has 0 bridgehead atoms. The molecule has 0 aromatic carbocycles. The quantitative estimate of drug-likeness (QED) is 0.488. The van der Waals surface area contributed by atoms with E-state index in [0.29, 0.717) is 6.04 Å². The summed E-state index contributed by atoms with van der Waals surface area (Å²) >= 11 is 0. The van der Waals surface area contributed by atoms with E-state index in [1.165, 1.54) is 0 Å². The van der Waals surface area contributed by atoms with E-state index in [1.807, 2.05) is 13.8 Å². The van der Waals surface area contributed by atoms with Gasteiger partial charge in [0.2, 0.25) is 5.91 Å². The SMILES string of the molecule is CC1C[C@@H](C)C(=O)N1. The van der Waals surface area contributed by atoms with Crippen LogP contribution in [0.4, 0.5) is 0 Å². The van der Waals surface area contributed by atoms with Crippen LogP contribution in [0.5, 0.6) is 0 Å². The first-order valence-electron chi connectivity index (χ1n) is 3.00. The average molecular weight is 113 g/mol. The molecule has 1 rings (SSSR count). The van der Waals surface area contributed by atoms with Gasteiger partial charge in [0.1, 0.15) is 0 Å². The number of hydrogen-bond donors (Lipinski definition) is 1. The maximum atomic E-state index is 10.7. The van der Waals surface area contributed by atoms with E-state index in [2.05, 4.69) is 5.32 Å². The Morgan fingerprint density at radius 1 is 1.62 bits per heavy atom. The van der Waals surface area contributed by atoms with Crippen molar-refractivity contribution in [1.29, 1.82) is 0 Å². The molecule has 1 heterocycles. The molecule has 0 spiro atoms. The molecule has 0 saturated carbocycles. The van der Waals surface area contributed by atoms with Crippen LogP contribution in [0.3, 0.4) is 0 Å². The van der Waals surface area contributed by atoms with Crippen LogP contribution in [-0.2, 0) is 4.79 Å². The fraction of sp³-hybridized carbons (Fsp3) is 0.833. The van der Waals surface area contributed by atoms with Crippen molar-refractivity contribution in [3.8, 4) is 0 Å². The van der Waals surface area contributed by atoms with E-state index in [1.54, 1.807) is 0 Å². The zero-order chi connectivity index (χ0) is 6.15. The van der Waals surface area contributed by atoms with E-state index in [4.69, 9.17) is 0 Å². The van der Waals surface area contributed by atoms with Crippen LogP contribution in [0.2, 0.25) is 0 Å². The highest BCUT2D eigenvalue weighted by atomic mass is 16.2. The summed E-state index contributed by atoms with van der Waals surface area (Å²) in [7, 11) is 0. The number of nitrogens with one attached hydrogen (secondary N) is 1. The third-order valence-electron chi connectivity index (χ3n) is 1.54. The largest absolute Gasteiger partial charge is 0.353 e. The number of rotatable bonds is 0. The van der Waals surface area contributed by atoms with Crippen LogP contribution in [0.1, 0.15) is 20.3 Å². The molecule has 8 heavy (non-hydrogen) atoms. The smallest absolute Gasteiger partial charge is 0.223 e. The Morgan fingerprint density at radius 3 is 2.38 bits per heavy atom. The molecule has 0 aromatic rings. The van der Waals surface area contributed by atoms with Crippen LogP contribution in [-0.4, -0.2) is 11.9 Å². The summed E-state index contributed by atoms with van der Waals surface area (Å²) in [6.07, 6.45) is 0.999. The lowest BCUT2D eigenvalue weighted by atomic mass is 10.1. The lowest BCUT2D eigenvalue weighted by Gasteiger charge is -1.95. The van der Waals surface area contributed by atoms with E-state index in [0.717, 1.165) is 6.42 Å². The Labute approximate surface area is 49.3 Å². The third-order valence-corrected chi connectivity index (χ3v) is 1.54. The maximum absolute atomic E-state index is 10.7. The second-order valence-corrected chi connectivity index (χ2v) is 2.55. The van der Waals surface area contributed by atoms with E-state index in [-0.39, 0.29) is 11.8 Å². The van der Waals surface area contributed by atoms with Crippen molar-refractivity contribution in [3.05, 3.63) is 0 Å². The number of carbonyl (C=O) groups excluding carboxylic acids is 1. The summed E-state index contributed by atoms with van der Waals surface area (Å²) in [5.74, 6) is 0.447. The minimum Gasteiger partial charge on any atom is -0.353 e. The van der Waals surface area contributed by atoms with Gasteiger partial charge in [-0.2, -0.15) is 0 Å². The summed E-state index contributed by atoms with van der Waals surface area (Å²) in [6.45, 7) is 3.99. The molecule has 1 saturated heterocycles. The maximum Gasteiger partial charge on any atom is 0.223 e. The Hall–Kier alpha value is -0.530. The molecule has 1 aliphatic rings. The molecule has 0 aromatic heterocycles. The molecule has 1 unspecified atom stereocenters. The fourth-order valence-corrected chi connectivity index (χ4v) is 1.08. The van der Waals surface area contributed by atoms with Gasteiger partial charge in [-0.3, -0.25) is 4.79 Å². The Morgan fingerprint density at radius 2 is 2.25 bits per heavy atom. The second-order valence-electron chi connectivity index (χ2n) is 2.55. The molecule has 1 fully saturated rings. The van der Waals surface area contributed by atoms with Crippen molar-refractivity contribution >= 4 is 5.91 Å². The van der Waals surface area contributed by atoms with Gasteiger partial charge in [0.25, 0.3) is 0 Å². The molecule has 2 atom stereocenters. The zero-order valence-electron chi connectivity index (χ0n) is 5.27. The van der Waals surface area contributed by atoms with Crippen molar-refractivity contribution in [2.75, 3.05) is 0 Å². The second kappa shape index (κ2) is 1.77. The van der Waals surface area contributed by atoms with Gasteiger partial charge in [0.15, 0.2) is 0 Å². The van der Waals surface area contributed by atoms with Crippen LogP contribution >= 0.6 is 0 Å². The highest BCUT2D eigenvalue weighted by molar-refractivity contribution is 5.80. The monoisotopic (exact) mass is 113 g/mol. The van der Waals surface area contributed by atoms with Crippen molar-refractivity contribution in [2.24, 2.45) is 5.92 Å². The summed E-state index contributed by atoms with van der Waals surface area (Å²) in [5.41, 5.74) is 0. The standard InChI is InChI=1S/C6H11NO/c1-4-3-5(2)7-6(4)8/h4-5H,3H2,1-2H3,(H,7,8)/t4-,5?/m1/s1. The van der Waals surface area contributed by atoms with Crippen molar-refractivity contribution in [1.82, 2.24) is 5.32 Å². The van der Waals surface area contributed by atoms with E-state index in [9.17, 15) is 4.79 Å². The molecule has 0 radical (unpaired) electrons. The Bertz CT molecular complexity index is 111. The van der Waals surface area contributed by atoms with Gasteiger partial charge < -0.3 is 5.32 Å². The first-order chi connectivity index (χ1) is 3.70. The lowest BCUT2D eigenvalue weighted by Crippen LogP contribution is -2.22. The molecule has 0 aliphatic carbocycles. The third kappa shape index (κ3) is 0.831. The molecular formula is C6H11NO. The zero-order valence-corrected chi connectivity index (χ0v) is 5.27. The predicted molar refractivity (Wildman–Crippen MR) is 31.4 cm³/mol. The van der Waals surface area contributed by atoms with Crippen LogP contribution < -0.4 is 5.32 Å². The summed E-state index contributed by atoms with van der Waals surface area (Å²) in [4.78, 5) is 10.7. The minimum atomic E-state index is 0.206. The Balaban J connectivity index is 2.51. The average Bonchev–Trinajstić information content (AvgIpc) is 1.85. The summed E-state index contributed by atoms with van der Waals surface area (Å²) in [5, 5.41) is 2.83. The van der Waals surface area contributed by atoms with Gasteiger partial charge in [-0.05, 0) is 13.3 Å². The minimum absolute atomic E-state index is 0.206. The van der Waals surface area contributed by atoms with Crippen LogP contribution in [0.25, 0.3) is 0 Å². The molecule has 46 valence electrons. The molecule has 1 amide bonds. The van der Waals surface area contributed by atoms with Gasteiger partial charge >= 0.3 is 0 Å². The highest BCUT2D eigenvalue weighted by Crippen LogP contribution is 2.12. The molecule has 2 heteroatoms. The predicted octanol–water partition coefficient (Wildman–Crippen LogP) is 0.531. The van der Waals surface area contributed by atoms with Gasteiger partial charge in [-0.15, -0.1) is 0 Å². The van der Waals surface area contributed by atoms with Crippen molar-refractivity contribution in [3.63, 3.8) is 0 Å². The number of hydrogen-bond acceptors (Lipinski definition) is 1. The molecular weight excluding hydrogens is 102 g/mol. The number of carbonyl (C=O) groups is 1. The highest BCUT2D eigenvalue weighted by Gasteiger charge is 2.24. The number of amides is 1. The topological polar surface area (TPSA) is 29.1 Å². The fourth-order valence-electron chi connectivity index (χ4n) is 1.08. The summed E-state index contributed by atoms with van der Waals surface area (Å²) in [6, 6.07) is 0.400. The van der Waals surface area contributed by atoms with Gasteiger partial charge in [-0.1, -0.05) is 6.92 Å². The lowest BCUT2D eigenvalue weighted by molar-refractivity contribution is -0.122. The van der Waals surface area contributed by atoms with E-state index < -0.39 is 0 Å². The van der Waals surface area contributed by atoms with Crippen molar-refractivity contribution < 1.29 is 4.79 Å².